The Morgan fingerprint density at radius 3 is 2.67 bits per heavy atom. The zero-order valence-corrected chi connectivity index (χ0v) is 9.33. The molecule has 1 aromatic carbocycles. The summed E-state index contributed by atoms with van der Waals surface area (Å²) in [5.41, 5.74) is 0.448. The maximum absolute atomic E-state index is 12.9. The highest BCUT2D eigenvalue weighted by Crippen LogP contribution is 2.11. The van der Waals surface area contributed by atoms with Gasteiger partial charge in [-0.15, -0.1) is 0 Å². The molecule has 3 heteroatoms. The first-order valence-electron chi connectivity index (χ1n) is 4.95. The third-order valence-electron chi connectivity index (χ3n) is 2.20. The molecule has 0 radical (unpaired) electrons. The van der Waals surface area contributed by atoms with Crippen molar-refractivity contribution in [3.63, 3.8) is 0 Å². The Balaban J connectivity index is 2.76. The topological polar surface area (TPSA) is 20.3 Å². The zero-order chi connectivity index (χ0) is 11.4. The summed E-state index contributed by atoms with van der Waals surface area (Å²) < 4.78 is 12.9. The monoisotopic (exact) mass is 209 g/mol. The first-order chi connectivity index (χ1) is 7.00. The van der Waals surface area contributed by atoms with Gasteiger partial charge in [0.25, 0.3) is 0 Å². The standard InChI is InChI=1S/C12H16FNO/c1-9(8-14(2)3)12(15)10-5-4-6-11(13)7-10/h4-7,9H,8H2,1-3H3. The molecule has 0 spiro atoms. The first kappa shape index (κ1) is 11.9. The zero-order valence-electron chi connectivity index (χ0n) is 9.33. The summed E-state index contributed by atoms with van der Waals surface area (Å²) in [7, 11) is 3.82. The summed E-state index contributed by atoms with van der Waals surface area (Å²) in [5, 5.41) is 0. The molecule has 1 rings (SSSR count). The largest absolute Gasteiger partial charge is 0.309 e. The van der Waals surface area contributed by atoms with E-state index in [2.05, 4.69) is 0 Å². The van der Waals surface area contributed by atoms with Gasteiger partial charge in [-0.05, 0) is 26.2 Å². The lowest BCUT2D eigenvalue weighted by molar-refractivity contribution is 0.0909. The van der Waals surface area contributed by atoms with Crippen LogP contribution in [-0.4, -0.2) is 31.3 Å². The van der Waals surface area contributed by atoms with E-state index < -0.39 is 0 Å². The van der Waals surface area contributed by atoms with E-state index in [0.29, 0.717) is 12.1 Å². The van der Waals surface area contributed by atoms with Crippen LogP contribution in [-0.2, 0) is 0 Å². The number of carbonyl (C=O) groups excluding carboxylic acids is 1. The molecule has 15 heavy (non-hydrogen) atoms. The fourth-order valence-electron chi connectivity index (χ4n) is 1.56. The molecule has 0 fully saturated rings. The molecule has 0 N–H and O–H groups in total. The molecular formula is C12H16FNO. The highest BCUT2D eigenvalue weighted by atomic mass is 19.1. The van der Waals surface area contributed by atoms with Gasteiger partial charge in [0.15, 0.2) is 5.78 Å². The fraction of sp³-hybridized carbons (Fsp3) is 0.417. The van der Waals surface area contributed by atoms with E-state index in [4.69, 9.17) is 0 Å². The summed E-state index contributed by atoms with van der Waals surface area (Å²) in [6.45, 7) is 2.53. The minimum absolute atomic E-state index is 0.0109. The Morgan fingerprint density at radius 2 is 2.13 bits per heavy atom. The number of nitrogens with zero attached hydrogens (tertiary/aromatic N) is 1. The summed E-state index contributed by atoms with van der Waals surface area (Å²) in [6, 6.07) is 5.84. The molecule has 0 heterocycles. The molecule has 0 aliphatic carbocycles. The van der Waals surface area contributed by atoms with E-state index in [0.717, 1.165) is 0 Å². The van der Waals surface area contributed by atoms with Gasteiger partial charge in [0.2, 0.25) is 0 Å². The van der Waals surface area contributed by atoms with E-state index in [1.807, 2.05) is 25.9 Å². The molecule has 1 unspecified atom stereocenters. The van der Waals surface area contributed by atoms with Gasteiger partial charge in [-0.25, -0.2) is 4.39 Å². The van der Waals surface area contributed by atoms with Crippen LogP contribution in [0.4, 0.5) is 4.39 Å². The normalized spacial score (nSPS) is 12.9. The average molecular weight is 209 g/mol. The maximum atomic E-state index is 12.9. The van der Waals surface area contributed by atoms with Crippen molar-refractivity contribution < 1.29 is 9.18 Å². The number of Topliss-reactive ketones (excluding diaryl/α,β-unsaturated/α-hetero) is 1. The molecule has 0 amide bonds. The second-order valence-corrected chi connectivity index (χ2v) is 4.04. The van der Waals surface area contributed by atoms with Gasteiger partial charge in [-0.1, -0.05) is 19.1 Å². The van der Waals surface area contributed by atoms with Crippen LogP contribution in [0.3, 0.4) is 0 Å². The van der Waals surface area contributed by atoms with Gasteiger partial charge in [-0.3, -0.25) is 4.79 Å². The van der Waals surface area contributed by atoms with Gasteiger partial charge in [-0.2, -0.15) is 0 Å². The summed E-state index contributed by atoms with van der Waals surface area (Å²) in [5.74, 6) is -0.483. The van der Waals surface area contributed by atoms with Crippen molar-refractivity contribution in [2.75, 3.05) is 20.6 Å². The molecule has 1 aromatic rings. The number of halogens is 1. The molecule has 1 atom stereocenters. The quantitative estimate of drug-likeness (QED) is 0.708. The van der Waals surface area contributed by atoms with Crippen LogP contribution in [0.2, 0.25) is 0 Å². The lowest BCUT2D eigenvalue weighted by Crippen LogP contribution is -2.25. The van der Waals surface area contributed by atoms with Crippen LogP contribution in [0, 0.1) is 11.7 Å². The van der Waals surface area contributed by atoms with Crippen molar-refractivity contribution in [2.24, 2.45) is 5.92 Å². The lowest BCUT2D eigenvalue weighted by atomic mass is 9.99. The van der Waals surface area contributed by atoms with Crippen molar-refractivity contribution in [3.8, 4) is 0 Å². The predicted octanol–water partition coefficient (Wildman–Crippen LogP) is 2.21. The number of rotatable bonds is 4. The van der Waals surface area contributed by atoms with Gasteiger partial charge in [0, 0.05) is 18.0 Å². The molecule has 0 saturated heterocycles. The van der Waals surface area contributed by atoms with Crippen LogP contribution < -0.4 is 0 Å². The van der Waals surface area contributed by atoms with E-state index in [1.165, 1.54) is 12.1 Å². The second-order valence-electron chi connectivity index (χ2n) is 4.04. The van der Waals surface area contributed by atoms with Gasteiger partial charge in [0.1, 0.15) is 5.82 Å². The van der Waals surface area contributed by atoms with Crippen LogP contribution >= 0.6 is 0 Å². The van der Waals surface area contributed by atoms with Crippen molar-refractivity contribution in [1.29, 1.82) is 0 Å². The average Bonchev–Trinajstić information content (AvgIpc) is 2.15. The van der Waals surface area contributed by atoms with E-state index >= 15 is 0 Å². The van der Waals surface area contributed by atoms with E-state index in [-0.39, 0.29) is 17.5 Å². The smallest absolute Gasteiger partial charge is 0.167 e. The van der Waals surface area contributed by atoms with Crippen LogP contribution in [0.5, 0.6) is 0 Å². The van der Waals surface area contributed by atoms with Crippen LogP contribution in [0.15, 0.2) is 24.3 Å². The third kappa shape index (κ3) is 3.44. The minimum Gasteiger partial charge on any atom is -0.309 e. The highest BCUT2D eigenvalue weighted by Gasteiger charge is 2.15. The van der Waals surface area contributed by atoms with Crippen molar-refractivity contribution in [3.05, 3.63) is 35.6 Å². The predicted molar refractivity (Wildman–Crippen MR) is 58.4 cm³/mol. The van der Waals surface area contributed by atoms with Crippen LogP contribution in [0.1, 0.15) is 17.3 Å². The molecule has 0 aromatic heterocycles. The number of hydrogen-bond acceptors (Lipinski definition) is 2. The SMILES string of the molecule is CC(CN(C)C)C(=O)c1cccc(F)c1. The Labute approximate surface area is 89.7 Å². The van der Waals surface area contributed by atoms with Gasteiger partial charge < -0.3 is 4.90 Å². The Kier molecular flexibility index (Phi) is 3.97. The minimum atomic E-state index is -0.363. The first-order valence-corrected chi connectivity index (χ1v) is 4.95. The maximum Gasteiger partial charge on any atom is 0.167 e. The molecule has 0 saturated carbocycles. The Morgan fingerprint density at radius 1 is 1.47 bits per heavy atom. The molecular weight excluding hydrogens is 193 g/mol. The summed E-state index contributed by atoms with van der Waals surface area (Å²) in [4.78, 5) is 13.8. The summed E-state index contributed by atoms with van der Waals surface area (Å²) in [6.07, 6.45) is 0. The molecule has 82 valence electrons. The van der Waals surface area contributed by atoms with E-state index in [1.54, 1.807) is 12.1 Å². The molecule has 2 nitrogen and oxygen atoms in total. The summed E-state index contributed by atoms with van der Waals surface area (Å²) >= 11 is 0. The number of carbonyl (C=O) groups is 1. The van der Waals surface area contributed by atoms with Crippen molar-refractivity contribution in [1.82, 2.24) is 4.90 Å². The highest BCUT2D eigenvalue weighted by molar-refractivity contribution is 5.97. The van der Waals surface area contributed by atoms with E-state index in [9.17, 15) is 9.18 Å². The van der Waals surface area contributed by atoms with Crippen molar-refractivity contribution >= 4 is 5.78 Å². The van der Waals surface area contributed by atoms with Crippen LogP contribution in [0.25, 0.3) is 0 Å². The third-order valence-corrected chi connectivity index (χ3v) is 2.20. The molecule has 0 aliphatic heterocycles. The molecule has 0 aliphatic rings. The Bertz CT molecular complexity index is 349. The van der Waals surface area contributed by atoms with Gasteiger partial charge >= 0.3 is 0 Å². The van der Waals surface area contributed by atoms with Gasteiger partial charge in [0.05, 0.1) is 0 Å². The number of benzene rings is 1. The lowest BCUT2D eigenvalue weighted by Gasteiger charge is -2.15. The fourth-order valence-corrected chi connectivity index (χ4v) is 1.56. The van der Waals surface area contributed by atoms with Crippen molar-refractivity contribution in [2.45, 2.75) is 6.92 Å². The molecule has 0 bridgehead atoms. The Hall–Kier alpha value is -1.22. The number of ketones is 1. The number of hydrogen-bond donors (Lipinski definition) is 0. The second kappa shape index (κ2) is 5.03.